The third-order valence-electron chi connectivity index (χ3n) is 6.06. The standard InChI is InChI=1S/C24H27ClN2O2/c25-18-13-11-17(12-14-18)15-16-27-22(20-9-5-6-10-21(20)24(27)29)23(28)26-19-7-3-1-2-4-8-19/h5-6,9-14,19,22H,1-4,7-8,15-16H2,(H,26,28)/t22-/m1/s1. The number of fused-ring (bicyclic) bond motifs is 1. The summed E-state index contributed by atoms with van der Waals surface area (Å²) in [5.74, 6) is -0.109. The van der Waals surface area contributed by atoms with E-state index in [1.807, 2.05) is 48.5 Å². The number of halogens is 1. The molecule has 2 aromatic rings. The molecule has 0 unspecified atom stereocenters. The van der Waals surface area contributed by atoms with Crippen LogP contribution in [0.25, 0.3) is 0 Å². The van der Waals surface area contributed by atoms with Gasteiger partial charge in [-0.25, -0.2) is 0 Å². The fourth-order valence-corrected chi connectivity index (χ4v) is 4.61. The van der Waals surface area contributed by atoms with Crippen molar-refractivity contribution in [3.8, 4) is 0 Å². The van der Waals surface area contributed by atoms with Gasteiger partial charge in [0.1, 0.15) is 6.04 Å². The van der Waals surface area contributed by atoms with Gasteiger partial charge in [0, 0.05) is 23.2 Å². The first-order valence-electron chi connectivity index (χ1n) is 10.6. The lowest BCUT2D eigenvalue weighted by Crippen LogP contribution is -2.43. The number of amides is 2. The summed E-state index contributed by atoms with van der Waals surface area (Å²) in [7, 11) is 0. The number of carbonyl (C=O) groups is 2. The molecule has 1 aliphatic carbocycles. The van der Waals surface area contributed by atoms with E-state index in [2.05, 4.69) is 5.32 Å². The predicted molar refractivity (Wildman–Crippen MR) is 115 cm³/mol. The molecule has 4 nitrogen and oxygen atoms in total. The fraction of sp³-hybridized carbons (Fsp3) is 0.417. The van der Waals surface area contributed by atoms with Crippen LogP contribution < -0.4 is 5.32 Å². The number of nitrogens with zero attached hydrogens (tertiary/aromatic N) is 1. The second-order valence-electron chi connectivity index (χ2n) is 8.06. The summed E-state index contributed by atoms with van der Waals surface area (Å²) >= 11 is 5.97. The van der Waals surface area contributed by atoms with Crippen LogP contribution >= 0.6 is 11.6 Å². The molecule has 0 spiro atoms. The highest BCUT2D eigenvalue weighted by Gasteiger charge is 2.41. The molecule has 1 fully saturated rings. The van der Waals surface area contributed by atoms with Crippen LogP contribution in [0.15, 0.2) is 48.5 Å². The molecule has 1 N–H and O–H groups in total. The average molecular weight is 411 g/mol. The van der Waals surface area contributed by atoms with Gasteiger partial charge in [-0.2, -0.15) is 0 Å². The molecule has 0 radical (unpaired) electrons. The van der Waals surface area contributed by atoms with Crippen LogP contribution in [0.5, 0.6) is 0 Å². The molecule has 2 aromatic carbocycles. The van der Waals surface area contributed by atoms with Crippen LogP contribution in [-0.2, 0) is 11.2 Å². The summed E-state index contributed by atoms with van der Waals surface area (Å²) in [5, 5.41) is 3.94. The lowest BCUT2D eigenvalue weighted by atomic mass is 10.0. The second-order valence-corrected chi connectivity index (χ2v) is 8.50. The summed E-state index contributed by atoms with van der Waals surface area (Å²) in [4.78, 5) is 28.1. The van der Waals surface area contributed by atoms with E-state index in [1.165, 1.54) is 12.8 Å². The molecule has 2 aliphatic rings. The SMILES string of the molecule is O=C(NC1CCCCCC1)[C@H]1c2ccccc2C(=O)N1CCc1ccc(Cl)cc1. The van der Waals surface area contributed by atoms with Crippen LogP contribution in [0.2, 0.25) is 5.02 Å². The van der Waals surface area contributed by atoms with Crippen LogP contribution in [0.1, 0.15) is 66.1 Å². The van der Waals surface area contributed by atoms with E-state index in [0.717, 1.165) is 36.8 Å². The maximum atomic E-state index is 13.3. The van der Waals surface area contributed by atoms with Gasteiger partial charge in [0.15, 0.2) is 0 Å². The zero-order chi connectivity index (χ0) is 20.2. The van der Waals surface area contributed by atoms with E-state index in [4.69, 9.17) is 11.6 Å². The van der Waals surface area contributed by atoms with E-state index < -0.39 is 6.04 Å². The van der Waals surface area contributed by atoms with Crippen molar-refractivity contribution in [1.29, 1.82) is 0 Å². The van der Waals surface area contributed by atoms with Crippen molar-refractivity contribution >= 4 is 23.4 Å². The highest BCUT2D eigenvalue weighted by Crippen LogP contribution is 2.34. The minimum atomic E-state index is -0.547. The third-order valence-corrected chi connectivity index (χ3v) is 6.31. The first-order valence-corrected chi connectivity index (χ1v) is 11.0. The van der Waals surface area contributed by atoms with Crippen LogP contribution in [-0.4, -0.2) is 29.3 Å². The lowest BCUT2D eigenvalue weighted by molar-refractivity contribution is -0.126. The number of benzene rings is 2. The minimum Gasteiger partial charge on any atom is -0.351 e. The van der Waals surface area contributed by atoms with Crippen molar-refractivity contribution < 1.29 is 9.59 Å². The Morgan fingerprint density at radius 2 is 1.69 bits per heavy atom. The Hall–Kier alpha value is -2.33. The molecule has 152 valence electrons. The average Bonchev–Trinajstić information content (AvgIpc) is 2.87. The van der Waals surface area contributed by atoms with Gasteiger partial charge in [-0.05, 0) is 48.6 Å². The normalized spacial score (nSPS) is 19.7. The number of hydrogen-bond acceptors (Lipinski definition) is 2. The van der Waals surface area contributed by atoms with Crippen LogP contribution in [0.4, 0.5) is 0 Å². The summed E-state index contributed by atoms with van der Waals surface area (Å²) in [6.07, 6.45) is 7.53. The summed E-state index contributed by atoms with van der Waals surface area (Å²) in [6.45, 7) is 0.498. The van der Waals surface area contributed by atoms with Gasteiger partial charge in [0.2, 0.25) is 5.91 Å². The van der Waals surface area contributed by atoms with Gasteiger partial charge in [-0.15, -0.1) is 0 Å². The van der Waals surface area contributed by atoms with Crippen molar-refractivity contribution in [3.63, 3.8) is 0 Å². The number of nitrogens with one attached hydrogen (secondary N) is 1. The fourth-order valence-electron chi connectivity index (χ4n) is 4.49. The smallest absolute Gasteiger partial charge is 0.255 e. The van der Waals surface area contributed by atoms with E-state index in [0.29, 0.717) is 23.6 Å². The van der Waals surface area contributed by atoms with E-state index >= 15 is 0 Å². The molecule has 4 rings (SSSR count). The Morgan fingerprint density at radius 3 is 2.41 bits per heavy atom. The Morgan fingerprint density at radius 1 is 1.00 bits per heavy atom. The first kappa shape index (κ1) is 20.0. The molecule has 1 saturated carbocycles. The molecule has 0 saturated heterocycles. The van der Waals surface area contributed by atoms with Crippen molar-refractivity contribution in [2.75, 3.05) is 6.54 Å². The van der Waals surface area contributed by atoms with E-state index in [1.54, 1.807) is 4.90 Å². The van der Waals surface area contributed by atoms with E-state index in [-0.39, 0.29) is 17.9 Å². The van der Waals surface area contributed by atoms with Crippen molar-refractivity contribution in [2.24, 2.45) is 0 Å². The summed E-state index contributed by atoms with van der Waals surface area (Å²) < 4.78 is 0. The monoisotopic (exact) mass is 410 g/mol. The molecule has 29 heavy (non-hydrogen) atoms. The topological polar surface area (TPSA) is 49.4 Å². The van der Waals surface area contributed by atoms with Crippen molar-refractivity contribution in [2.45, 2.75) is 57.0 Å². The lowest BCUT2D eigenvalue weighted by Gasteiger charge is -2.27. The number of carbonyl (C=O) groups excluding carboxylic acids is 2. The Labute approximate surface area is 177 Å². The zero-order valence-corrected chi connectivity index (χ0v) is 17.3. The van der Waals surface area contributed by atoms with Gasteiger partial charge in [-0.1, -0.05) is 67.6 Å². The largest absolute Gasteiger partial charge is 0.351 e. The zero-order valence-electron chi connectivity index (χ0n) is 16.6. The molecule has 0 aromatic heterocycles. The maximum Gasteiger partial charge on any atom is 0.255 e. The highest BCUT2D eigenvalue weighted by atomic mass is 35.5. The minimum absolute atomic E-state index is 0.0497. The quantitative estimate of drug-likeness (QED) is 0.711. The van der Waals surface area contributed by atoms with Gasteiger partial charge >= 0.3 is 0 Å². The van der Waals surface area contributed by atoms with Crippen LogP contribution in [0, 0.1) is 0 Å². The number of rotatable bonds is 5. The molecule has 1 aliphatic heterocycles. The Bertz CT molecular complexity index is 873. The third kappa shape index (κ3) is 4.48. The molecule has 1 atom stereocenters. The summed E-state index contributed by atoms with van der Waals surface area (Å²) in [6, 6.07) is 14.8. The molecular weight excluding hydrogens is 384 g/mol. The summed E-state index contributed by atoms with van der Waals surface area (Å²) in [5.41, 5.74) is 2.56. The first-order chi connectivity index (χ1) is 14.1. The van der Waals surface area contributed by atoms with Crippen molar-refractivity contribution in [1.82, 2.24) is 10.2 Å². The highest BCUT2D eigenvalue weighted by molar-refractivity contribution is 6.30. The molecule has 1 heterocycles. The molecular formula is C24H27ClN2O2. The number of hydrogen-bond donors (Lipinski definition) is 1. The van der Waals surface area contributed by atoms with Gasteiger partial charge in [0.05, 0.1) is 0 Å². The molecule has 0 bridgehead atoms. The molecule has 2 amide bonds. The van der Waals surface area contributed by atoms with Crippen LogP contribution in [0.3, 0.4) is 0 Å². The Balaban J connectivity index is 1.52. The van der Waals surface area contributed by atoms with E-state index in [9.17, 15) is 9.59 Å². The Kier molecular flexibility index (Phi) is 6.19. The second kappa shape index (κ2) is 9.00. The predicted octanol–water partition coefficient (Wildman–Crippen LogP) is 4.92. The van der Waals surface area contributed by atoms with Gasteiger partial charge in [-0.3, -0.25) is 9.59 Å². The molecule has 5 heteroatoms. The van der Waals surface area contributed by atoms with Crippen molar-refractivity contribution in [3.05, 3.63) is 70.2 Å². The van der Waals surface area contributed by atoms with Gasteiger partial charge in [0.25, 0.3) is 5.91 Å². The van der Waals surface area contributed by atoms with Gasteiger partial charge < -0.3 is 10.2 Å². The maximum absolute atomic E-state index is 13.3.